The molecule has 0 aromatic heterocycles. The van der Waals surface area contributed by atoms with Crippen molar-refractivity contribution < 1.29 is 23.9 Å². The number of hydrogen-bond acceptors (Lipinski definition) is 3. The number of rotatable bonds is 4. The molecule has 1 aromatic carbocycles. The summed E-state index contributed by atoms with van der Waals surface area (Å²) in [6.45, 7) is 1.29. The van der Waals surface area contributed by atoms with Crippen molar-refractivity contribution >= 4 is 23.5 Å². The number of nitrogens with one attached hydrogen (secondary N) is 1. The predicted molar refractivity (Wildman–Crippen MR) is 77.4 cm³/mol. The maximum absolute atomic E-state index is 14.0. The number of carboxylic acid groups (broad SMARTS) is 1. The Hall–Kier alpha value is -2.44. The van der Waals surface area contributed by atoms with Crippen molar-refractivity contribution in [2.45, 2.75) is 25.4 Å². The minimum atomic E-state index is -2.39. The van der Waals surface area contributed by atoms with Gasteiger partial charge in [0.2, 0.25) is 11.6 Å². The molecule has 1 saturated heterocycles. The van der Waals surface area contributed by atoms with Gasteiger partial charge in [-0.1, -0.05) is 13.0 Å². The van der Waals surface area contributed by atoms with Gasteiger partial charge in [0.25, 0.3) is 5.91 Å². The molecule has 1 heterocycles. The number of likely N-dealkylation sites (tertiary alicyclic amines) is 1. The van der Waals surface area contributed by atoms with Gasteiger partial charge in [-0.15, -0.1) is 0 Å². The topological polar surface area (TPSA) is 86.7 Å². The standard InChI is InChI=1S/C15H17FN2O4/c1-2-12(19)17-11-5-3-4-10(8-11)13(20)18-7-6-15(16,9-18)14(21)22/h3-5,8H,2,6-7,9H2,1H3,(H,17,19)(H,21,22). The molecule has 118 valence electrons. The molecule has 0 radical (unpaired) electrons. The molecule has 6 nitrogen and oxygen atoms in total. The molecule has 7 heteroatoms. The van der Waals surface area contributed by atoms with E-state index in [9.17, 15) is 18.8 Å². The number of carbonyl (C=O) groups excluding carboxylic acids is 2. The summed E-state index contributed by atoms with van der Waals surface area (Å²) in [5, 5.41) is 11.5. The van der Waals surface area contributed by atoms with E-state index < -0.39 is 24.1 Å². The molecular weight excluding hydrogens is 291 g/mol. The number of hydrogen-bond donors (Lipinski definition) is 2. The maximum atomic E-state index is 14.0. The Morgan fingerprint density at radius 1 is 1.41 bits per heavy atom. The number of aliphatic carboxylic acids is 1. The molecule has 2 amide bonds. The van der Waals surface area contributed by atoms with E-state index in [1.807, 2.05) is 0 Å². The van der Waals surface area contributed by atoms with Crippen molar-refractivity contribution in [3.63, 3.8) is 0 Å². The van der Waals surface area contributed by atoms with Crippen LogP contribution in [0.2, 0.25) is 0 Å². The van der Waals surface area contributed by atoms with E-state index in [1.54, 1.807) is 25.1 Å². The quantitative estimate of drug-likeness (QED) is 0.886. The van der Waals surface area contributed by atoms with E-state index in [0.29, 0.717) is 12.1 Å². The van der Waals surface area contributed by atoms with E-state index in [0.717, 1.165) is 0 Å². The number of amides is 2. The number of alkyl halides is 1. The number of nitrogens with zero attached hydrogens (tertiary/aromatic N) is 1. The lowest BCUT2D eigenvalue weighted by Crippen LogP contribution is -2.38. The summed E-state index contributed by atoms with van der Waals surface area (Å²) in [7, 11) is 0. The van der Waals surface area contributed by atoms with Gasteiger partial charge in [-0.25, -0.2) is 9.18 Å². The summed E-state index contributed by atoms with van der Waals surface area (Å²) in [6.07, 6.45) is 0.0909. The van der Waals surface area contributed by atoms with E-state index in [2.05, 4.69) is 5.32 Å². The van der Waals surface area contributed by atoms with Crippen molar-refractivity contribution in [3.05, 3.63) is 29.8 Å². The zero-order valence-corrected chi connectivity index (χ0v) is 12.1. The van der Waals surface area contributed by atoms with Crippen molar-refractivity contribution in [2.75, 3.05) is 18.4 Å². The summed E-state index contributed by atoms with van der Waals surface area (Å²) in [5.74, 6) is -2.18. The van der Waals surface area contributed by atoms with Crippen LogP contribution in [0.25, 0.3) is 0 Å². The van der Waals surface area contributed by atoms with Crippen molar-refractivity contribution in [1.29, 1.82) is 0 Å². The molecule has 0 saturated carbocycles. The third kappa shape index (κ3) is 3.24. The summed E-state index contributed by atoms with van der Waals surface area (Å²) in [4.78, 5) is 35.7. The van der Waals surface area contributed by atoms with E-state index in [4.69, 9.17) is 5.11 Å². The molecule has 1 aliphatic heterocycles. The number of halogens is 1. The fourth-order valence-electron chi connectivity index (χ4n) is 2.28. The fourth-order valence-corrected chi connectivity index (χ4v) is 2.28. The van der Waals surface area contributed by atoms with Gasteiger partial charge in [0, 0.05) is 30.6 Å². The summed E-state index contributed by atoms with van der Waals surface area (Å²) >= 11 is 0. The third-order valence-corrected chi connectivity index (χ3v) is 3.60. The highest BCUT2D eigenvalue weighted by atomic mass is 19.1. The van der Waals surface area contributed by atoms with E-state index in [-0.39, 0.29) is 24.4 Å². The van der Waals surface area contributed by atoms with Crippen LogP contribution >= 0.6 is 0 Å². The first-order chi connectivity index (χ1) is 10.4. The van der Waals surface area contributed by atoms with Crippen molar-refractivity contribution in [1.82, 2.24) is 4.90 Å². The lowest BCUT2D eigenvalue weighted by atomic mass is 10.1. The molecule has 2 rings (SSSR count). The highest BCUT2D eigenvalue weighted by molar-refractivity contribution is 5.97. The molecule has 1 unspecified atom stereocenters. The van der Waals surface area contributed by atoms with Gasteiger partial charge in [-0.05, 0) is 18.2 Å². The van der Waals surface area contributed by atoms with Gasteiger partial charge in [0.05, 0.1) is 6.54 Å². The Morgan fingerprint density at radius 2 is 2.14 bits per heavy atom. The minimum Gasteiger partial charge on any atom is -0.479 e. The minimum absolute atomic E-state index is 0.0488. The summed E-state index contributed by atoms with van der Waals surface area (Å²) in [5.41, 5.74) is -1.63. The fraction of sp³-hybridized carbons (Fsp3) is 0.400. The Bertz CT molecular complexity index is 619. The maximum Gasteiger partial charge on any atom is 0.343 e. The van der Waals surface area contributed by atoms with Crippen molar-refractivity contribution in [2.24, 2.45) is 0 Å². The van der Waals surface area contributed by atoms with Crippen LogP contribution in [0.15, 0.2) is 24.3 Å². The number of carboxylic acids is 1. The summed E-state index contributed by atoms with van der Waals surface area (Å²) in [6, 6.07) is 6.29. The molecule has 0 spiro atoms. The monoisotopic (exact) mass is 308 g/mol. The highest BCUT2D eigenvalue weighted by Crippen LogP contribution is 2.27. The van der Waals surface area contributed by atoms with E-state index in [1.165, 1.54) is 11.0 Å². The molecule has 22 heavy (non-hydrogen) atoms. The van der Waals surface area contributed by atoms with Gasteiger partial charge in [0.1, 0.15) is 0 Å². The van der Waals surface area contributed by atoms with Crippen LogP contribution in [0, 0.1) is 0 Å². The van der Waals surface area contributed by atoms with Crippen LogP contribution in [0.1, 0.15) is 30.1 Å². The zero-order chi connectivity index (χ0) is 16.3. The van der Waals surface area contributed by atoms with Gasteiger partial charge in [0.15, 0.2) is 0 Å². The average molecular weight is 308 g/mol. The summed E-state index contributed by atoms with van der Waals surface area (Å²) < 4.78 is 14.0. The molecule has 1 fully saturated rings. The molecule has 0 aliphatic carbocycles. The number of benzene rings is 1. The average Bonchev–Trinajstić information content (AvgIpc) is 2.90. The van der Waals surface area contributed by atoms with Crippen LogP contribution in [0.3, 0.4) is 0 Å². The molecule has 1 aromatic rings. The molecular formula is C15H17FN2O4. The first kappa shape index (κ1) is 15.9. The highest BCUT2D eigenvalue weighted by Gasteiger charge is 2.46. The lowest BCUT2D eigenvalue weighted by molar-refractivity contribution is -0.149. The first-order valence-electron chi connectivity index (χ1n) is 6.97. The van der Waals surface area contributed by atoms with Crippen molar-refractivity contribution in [3.8, 4) is 0 Å². The molecule has 2 N–H and O–H groups in total. The van der Waals surface area contributed by atoms with E-state index >= 15 is 0 Å². The van der Waals surface area contributed by atoms with Gasteiger partial charge in [-0.2, -0.15) is 0 Å². The smallest absolute Gasteiger partial charge is 0.343 e. The SMILES string of the molecule is CCC(=O)Nc1cccc(C(=O)N2CCC(F)(C(=O)O)C2)c1. The Balaban J connectivity index is 2.12. The third-order valence-electron chi connectivity index (χ3n) is 3.60. The second-order valence-corrected chi connectivity index (χ2v) is 5.23. The normalized spacial score (nSPS) is 20.7. The zero-order valence-electron chi connectivity index (χ0n) is 12.1. The molecule has 1 atom stereocenters. The first-order valence-corrected chi connectivity index (χ1v) is 6.97. The van der Waals surface area contributed by atoms with Gasteiger partial charge in [-0.3, -0.25) is 9.59 Å². The Kier molecular flexibility index (Phi) is 4.44. The molecule has 0 bridgehead atoms. The second kappa shape index (κ2) is 6.13. The van der Waals surface area contributed by atoms with Crippen LogP contribution in [0.5, 0.6) is 0 Å². The number of carbonyl (C=O) groups is 3. The predicted octanol–water partition coefficient (Wildman–Crippen LogP) is 1.67. The lowest BCUT2D eigenvalue weighted by Gasteiger charge is -2.18. The largest absolute Gasteiger partial charge is 0.479 e. The van der Waals surface area contributed by atoms with Gasteiger partial charge < -0.3 is 15.3 Å². The van der Waals surface area contributed by atoms with Crippen LogP contribution in [0.4, 0.5) is 10.1 Å². The number of anilines is 1. The van der Waals surface area contributed by atoms with Crippen LogP contribution < -0.4 is 5.32 Å². The molecule has 1 aliphatic rings. The van der Waals surface area contributed by atoms with Gasteiger partial charge >= 0.3 is 5.97 Å². The Morgan fingerprint density at radius 3 is 2.73 bits per heavy atom. The van der Waals surface area contributed by atoms with Crippen LogP contribution in [-0.2, 0) is 9.59 Å². The second-order valence-electron chi connectivity index (χ2n) is 5.23. The Labute approximate surface area is 126 Å². The van der Waals surface area contributed by atoms with Crippen LogP contribution in [-0.4, -0.2) is 46.5 Å².